The minimum atomic E-state index is 0.203. The summed E-state index contributed by atoms with van der Waals surface area (Å²) in [5, 5.41) is 3.47. The van der Waals surface area contributed by atoms with Crippen LogP contribution in [-0.2, 0) is 0 Å². The average Bonchev–Trinajstić information content (AvgIpc) is 2.45. The van der Waals surface area contributed by atoms with Crippen molar-refractivity contribution in [3.8, 4) is 0 Å². The smallest absolute Gasteiger partial charge is 0.0901 e. The molecule has 1 aromatic heterocycles. The van der Waals surface area contributed by atoms with Crippen molar-refractivity contribution >= 4 is 28.5 Å². The molecule has 1 heterocycles. The fourth-order valence-electron chi connectivity index (χ4n) is 1.76. The van der Waals surface area contributed by atoms with E-state index in [1.807, 2.05) is 6.92 Å². The van der Waals surface area contributed by atoms with E-state index in [0.717, 1.165) is 23.5 Å². The minimum Gasteiger partial charge on any atom is -0.242 e. The fraction of sp³-hybridized carbons (Fsp3) is 0.545. The first-order chi connectivity index (χ1) is 6.75. The first-order valence-electron chi connectivity index (χ1n) is 5.03. The van der Waals surface area contributed by atoms with Crippen molar-refractivity contribution in [1.29, 1.82) is 0 Å². The molecule has 1 aliphatic carbocycles. The lowest BCUT2D eigenvalue weighted by molar-refractivity contribution is 0.723. The van der Waals surface area contributed by atoms with E-state index in [1.165, 1.54) is 18.4 Å². The van der Waals surface area contributed by atoms with Crippen LogP contribution in [-0.4, -0.2) is 10.4 Å². The highest BCUT2D eigenvalue weighted by Crippen LogP contribution is 2.28. The molecule has 0 fully saturated rings. The molecule has 0 radical (unpaired) electrons. The second-order valence-corrected chi connectivity index (χ2v) is 5.33. The molecular weight excluding hydrogens is 214 g/mol. The molecule has 14 heavy (non-hydrogen) atoms. The Morgan fingerprint density at radius 1 is 1.50 bits per heavy atom. The van der Waals surface area contributed by atoms with Crippen LogP contribution < -0.4 is 0 Å². The number of allylic oxidation sites excluding steroid dienone is 2. The van der Waals surface area contributed by atoms with Crippen molar-refractivity contribution in [3.63, 3.8) is 0 Å². The highest BCUT2D eigenvalue weighted by atomic mass is 35.5. The van der Waals surface area contributed by atoms with E-state index in [2.05, 4.69) is 16.4 Å². The quantitative estimate of drug-likeness (QED) is 0.661. The maximum Gasteiger partial charge on any atom is 0.0901 e. The Balaban J connectivity index is 2.23. The Bertz CT molecular complexity index is 343. The van der Waals surface area contributed by atoms with E-state index in [1.54, 1.807) is 11.3 Å². The van der Waals surface area contributed by atoms with Gasteiger partial charge in [0.2, 0.25) is 0 Å². The molecule has 1 unspecified atom stereocenters. The van der Waals surface area contributed by atoms with Crippen LogP contribution in [0.25, 0.3) is 5.57 Å². The van der Waals surface area contributed by atoms with Crippen molar-refractivity contribution in [2.75, 3.05) is 0 Å². The van der Waals surface area contributed by atoms with Gasteiger partial charge in [-0.05, 0) is 31.8 Å². The standard InChI is InChI=1S/C11H14ClNS/c1-8-13-11(7-14-8)9-4-2-3-5-10(12)6-9/h6-7,10H,2-5H2,1H3. The van der Waals surface area contributed by atoms with Crippen molar-refractivity contribution in [1.82, 2.24) is 4.98 Å². The molecular formula is C11H14ClNS. The number of hydrogen-bond acceptors (Lipinski definition) is 2. The summed E-state index contributed by atoms with van der Waals surface area (Å²) >= 11 is 7.88. The molecule has 1 nitrogen and oxygen atoms in total. The summed E-state index contributed by atoms with van der Waals surface area (Å²) in [6.45, 7) is 2.05. The lowest BCUT2D eigenvalue weighted by atomic mass is 10.1. The number of halogens is 1. The van der Waals surface area contributed by atoms with Crippen LogP contribution in [0.3, 0.4) is 0 Å². The lowest BCUT2D eigenvalue weighted by Crippen LogP contribution is -1.91. The number of alkyl halides is 1. The number of aromatic nitrogens is 1. The predicted molar refractivity (Wildman–Crippen MR) is 62.9 cm³/mol. The number of hydrogen-bond donors (Lipinski definition) is 0. The SMILES string of the molecule is Cc1nc(C2=CC(Cl)CCCC2)cs1. The maximum absolute atomic E-state index is 6.17. The summed E-state index contributed by atoms with van der Waals surface area (Å²) in [7, 11) is 0. The number of nitrogens with zero attached hydrogens (tertiary/aromatic N) is 1. The Kier molecular flexibility index (Phi) is 3.24. The van der Waals surface area contributed by atoms with Crippen LogP contribution in [0.1, 0.15) is 36.4 Å². The van der Waals surface area contributed by atoms with Crippen LogP contribution >= 0.6 is 22.9 Å². The summed E-state index contributed by atoms with van der Waals surface area (Å²) in [6.07, 6.45) is 6.90. The molecule has 0 bridgehead atoms. The minimum absolute atomic E-state index is 0.203. The van der Waals surface area contributed by atoms with Crippen molar-refractivity contribution in [3.05, 3.63) is 22.2 Å². The van der Waals surface area contributed by atoms with Gasteiger partial charge in [0.1, 0.15) is 0 Å². The van der Waals surface area contributed by atoms with Crippen molar-refractivity contribution in [2.24, 2.45) is 0 Å². The summed E-state index contributed by atoms with van der Waals surface area (Å²) in [6, 6.07) is 0. The number of thiazole rings is 1. The highest BCUT2D eigenvalue weighted by molar-refractivity contribution is 7.09. The van der Waals surface area contributed by atoms with Crippen LogP contribution in [0.2, 0.25) is 0 Å². The zero-order chi connectivity index (χ0) is 9.97. The zero-order valence-electron chi connectivity index (χ0n) is 8.29. The fourth-order valence-corrected chi connectivity index (χ4v) is 2.71. The van der Waals surface area contributed by atoms with Crippen LogP contribution in [0.5, 0.6) is 0 Å². The summed E-state index contributed by atoms with van der Waals surface area (Å²) in [5.74, 6) is 0. The third-order valence-electron chi connectivity index (χ3n) is 2.51. The summed E-state index contributed by atoms with van der Waals surface area (Å²) in [5.41, 5.74) is 2.48. The van der Waals surface area contributed by atoms with E-state index < -0.39 is 0 Å². The van der Waals surface area contributed by atoms with Gasteiger partial charge in [-0.15, -0.1) is 22.9 Å². The molecule has 1 aromatic rings. The second-order valence-electron chi connectivity index (χ2n) is 3.71. The van der Waals surface area contributed by atoms with Gasteiger partial charge >= 0.3 is 0 Å². The first-order valence-corrected chi connectivity index (χ1v) is 6.34. The van der Waals surface area contributed by atoms with Crippen molar-refractivity contribution < 1.29 is 0 Å². The number of aryl methyl sites for hydroxylation is 1. The molecule has 3 heteroatoms. The molecule has 76 valence electrons. The van der Waals surface area contributed by atoms with Gasteiger partial charge in [0.15, 0.2) is 0 Å². The molecule has 0 N–H and O–H groups in total. The zero-order valence-corrected chi connectivity index (χ0v) is 9.87. The monoisotopic (exact) mass is 227 g/mol. The largest absolute Gasteiger partial charge is 0.242 e. The number of rotatable bonds is 1. The Hall–Kier alpha value is -0.340. The van der Waals surface area contributed by atoms with Gasteiger partial charge in [-0.3, -0.25) is 0 Å². The van der Waals surface area contributed by atoms with E-state index >= 15 is 0 Å². The molecule has 0 spiro atoms. The van der Waals surface area contributed by atoms with Crippen molar-refractivity contribution in [2.45, 2.75) is 38.0 Å². The van der Waals surface area contributed by atoms with Gasteiger partial charge in [0.25, 0.3) is 0 Å². The average molecular weight is 228 g/mol. The first kappa shape index (κ1) is 10.2. The van der Waals surface area contributed by atoms with Gasteiger partial charge in [-0.2, -0.15) is 0 Å². The van der Waals surface area contributed by atoms with E-state index in [0.29, 0.717) is 0 Å². The molecule has 1 aliphatic rings. The molecule has 0 saturated carbocycles. The Labute approximate surface area is 93.8 Å². The van der Waals surface area contributed by atoms with E-state index in [-0.39, 0.29) is 5.38 Å². The second kappa shape index (κ2) is 4.45. The van der Waals surface area contributed by atoms with Gasteiger partial charge in [-0.25, -0.2) is 4.98 Å². The molecule has 0 saturated heterocycles. The van der Waals surface area contributed by atoms with E-state index in [4.69, 9.17) is 11.6 Å². The highest BCUT2D eigenvalue weighted by Gasteiger charge is 2.12. The van der Waals surface area contributed by atoms with Crippen LogP contribution in [0, 0.1) is 6.92 Å². The van der Waals surface area contributed by atoms with E-state index in [9.17, 15) is 0 Å². The van der Waals surface area contributed by atoms with Crippen LogP contribution in [0.4, 0.5) is 0 Å². The Morgan fingerprint density at radius 3 is 3.07 bits per heavy atom. The van der Waals surface area contributed by atoms with Gasteiger partial charge in [-0.1, -0.05) is 12.5 Å². The normalized spacial score (nSPS) is 23.0. The van der Waals surface area contributed by atoms with Gasteiger partial charge in [0, 0.05) is 5.38 Å². The molecule has 0 aromatic carbocycles. The predicted octanol–water partition coefficient (Wildman–Crippen LogP) is 4.02. The molecule has 2 rings (SSSR count). The molecule has 0 amide bonds. The summed E-state index contributed by atoms with van der Waals surface area (Å²) in [4.78, 5) is 4.50. The maximum atomic E-state index is 6.17. The lowest BCUT2D eigenvalue weighted by Gasteiger charge is -2.01. The van der Waals surface area contributed by atoms with Gasteiger partial charge < -0.3 is 0 Å². The molecule has 1 atom stereocenters. The third kappa shape index (κ3) is 2.37. The topological polar surface area (TPSA) is 12.9 Å². The summed E-state index contributed by atoms with van der Waals surface area (Å²) < 4.78 is 0. The molecule has 0 aliphatic heterocycles. The van der Waals surface area contributed by atoms with Crippen LogP contribution in [0.15, 0.2) is 11.5 Å². The van der Waals surface area contributed by atoms with Gasteiger partial charge in [0.05, 0.1) is 16.1 Å². The Morgan fingerprint density at radius 2 is 2.36 bits per heavy atom. The third-order valence-corrected chi connectivity index (χ3v) is 3.62.